The lowest BCUT2D eigenvalue weighted by molar-refractivity contribution is 0.145. The summed E-state index contributed by atoms with van der Waals surface area (Å²) < 4.78 is 5.37. The van der Waals surface area contributed by atoms with Crippen molar-refractivity contribution >= 4 is 5.82 Å². The van der Waals surface area contributed by atoms with Gasteiger partial charge in [0.15, 0.2) is 0 Å². The fourth-order valence-electron chi connectivity index (χ4n) is 1.90. The zero-order valence-electron chi connectivity index (χ0n) is 9.59. The van der Waals surface area contributed by atoms with E-state index in [0.29, 0.717) is 12.5 Å². The van der Waals surface area contributed by atoms with Gasteiger partial charge in [0.2, 0.25) is 5.88 Å². The zero-order valence-corrected chi connectivity index (χ0v) is 9.59. The van der Waals surface area contributed by atoms with Crippen LogP contribution >= 0.6 is 0 Å². The van der Waals surface area contributed by atoms with Crippen molar-refractivity contribution in [2.45, 2.75) is 25.9 Å². The molecule has 0 spiro atoms. The first-order chi connectivity index (χ1) is 7.79. The molecule has 4 heteroatoms. The Kier molecular flexibility index (Phi) is 3.62. The molecule has 4 nitrogen and oxygen atoms in total. The summed E-state index contributed by atoms with van der Waals surface area (Å²) in [7, 11) is 0. The number of aliphatic hydroxyl groups is 1. The predicted molar refractivity (Wildman–Crippen MR) is 62.9 cm³/mol. The minimum atomic E-state index is -0.147. The van der Waals surface area contributed by atoms with Gasteiger partial charge in [0.05, 0.1) is 12.7 Å². The van der Waals surface area contributed by atoms with Crippen molar-refractivity contribution in [1.82, 2.24) is 4.98 Å². The van der Waals surface area contributed by atoms with E-state index >= 15 is 0 Å². The molecule has 0 radical (unpaired) electrons. The monoisotopic (exact) mass is 222 g/mol. The molecule has 88 valence electrons. The van der Waals surface area contributed by atoms with E-state index in [1.54, 1.807) is 0 Å². The first-order valence-corrected chi connectivity index (χ1v) is 5.82. The number of piperidine rings is 1. The van der Waals surface area contributed by atoms with Crippen LogP contribution in [0, 0.1) is 0 Å². The topological polar surface area (TPSA) is 45.6 Å². The molecule has 0 saturated carbocycles. The smallest absolute Gasteiger partial charge is 0.215 e. The maximum Gasteiger partial charge on any atom is 0.215 e. The van der Waals surface area contributed by atoms with Crippen LogP contribution in [-0.2, 0) is 0 Å². The summed E-state index contributed by atoms with van der Waals surface area (Å²) in [6.07, 6.45) is 1.49. The highest BCUT2D eigenvalue weighted by Gasteiger charge is 2.18. The van der Waals surface area contributed by atoms with Crippen LogP contribution < -0.4 is 9.64 Å². The molecule has 0 amide bonds. The van der Waals surface area contributed by atoms with Crippen molar-refractivity contribution in [1.29, 1.82) is 0 Å². The third-order valence-electron chi connectivity index (χ3n) is 2.79. The Balaban J connectivity index is 2.05. The van der Waals surface area contributed by atoms with Gasteiger partial charge in [-0.2, -0.15) is 4.98 Å². The highest BCUT2D eigenvalue weighted by atomic mass is 16.5. The van der Waals surface area contributed by atoms with Crippen LogP contribution in [0.5, 0.6) is 5.88 Å². The molecular weight excluding hydrogens is 204 g/mol. The second-order valence-corrected chi connectivity index (χ2v) is 3.99. The summed E-state index contributed by atoms with van der Waals surface area (Å²) in [6, 6.07) is 5.81. The van der Waals surface area contributed by atoms with Crippen LogP contribution in [0.4, 0.5) is 5.82 Å². The molecule has 2 heterocycles. The largest absolute Gasteiger partial charge is 0.478 e. The van der Waals surface area contributed by atoms with E-state index < -0.39 is 0 Å². The first-order valence-electron chi connectivity index (χ1n) is 5.82. The molecule has 0 aliphatic carbocycles. The number of aromatic nitrogens is 1. The standard InChI is InChI=1S/C12H18N2O2/c1-2-16-12-5-3-4-11(13-12)14-8-6-10(15)7-9-14/h3-5,10,15H,2,6-9H2,1H3. The van der Waals surface area contributed by atoms with Gasteiger partial charge in [-0.3, -0.25) is 0 Å². The summed E-state index contributed by atoms with van der Waals surface area (Å²) in [4.78, 5) is 6.62. The number of hydrogen-bond acceptors (Lipinski definition) is 4. The Bertz CT molecular complexity index is 336. The van der Waals surface area contributed by atoms with Crippen LogP contribution in [0.25, 0.3) is 0 Å². The number of aliphatic hydroxyl groups excluding tert-OH is 1. The van der Waals surface area contributed by atoms with Crippen molar-refractivity contribution in [2.24, 2.45) is 0 Å². The predicted octanol–water partition coefficient (Wildman–Crippen LogP) is 1.44. The minimum Gasteiger partial charge on any atom is -0.478 e. The molecule has 0 atom stereocenters. The molecular formula is C12H18N2O2. The third kappa shape index (κ3) is 2.64. The Morgan fingerprint density at radius 2 is 2.19 bits per heavy atom. The average molecular weight is 222 g/mol. The van der Waals surface area contributed by atoms with E-state index in [1.165, 1.54) is 0 Å². The van der Waals surface area contributed by atoms with E-state index in [2.05, 4.69) is 9.88 Å². The Morgan fingerprint density at radius 1 is 1.44 bits per heavy atom. The number of nitrogens with zero attached hydrogens (tertiary/aromatic N) is 2. The Hall–Kier alpha value is -1.29. The third-order valence-corrected chi connectivity index (χ3v) is 2.79. The van der Waals surface area contributed by atoms with E-state index in [9.17, 15) is 5.11 Å². The molecule has 1 aliphatic rings. The molecule has 2 rings (SSSR count). The van der Waals surface area contributed by atoms with Gasteiger partial charge in [-0.25, -0.2) is 0 Å². The summed E-state index contributed by atoms with van der Waals surface area (Å²) in [5.41, 5.74) is 0. The maximum atomic E-state index is 9.44. The van der Waals surface area contributed by atoms with Gasteiger partial charge in [-0.1, -0.05) is 6.07 Å². The zero-order chi connectivity index (χ0) is 11.4. The second-order valence-electron chi connectivity index (χ2n) is 3.99. The van der Waals surface area contributed by atoms with Crippen LogP contribution in [0.2, 0.25) is 0 Å². The average Bonchev–Trinajstić information content (AvgIpc) is 2.31. The van der Waals surface area contributed by atoms with Crippen molar-refractivity contribution < 1.29 is 9.84 Å². The van der Waals surface area contributed by atoms with E-state index in [4.69, 9.17) is 4.74 Å². The summed E-state index contributed by atoms with van der Waals surface area (Å²) in [5, 5.41) is 9.44. The molecule has 1 fully saturated rings. The number of pyridine rings is 1. The van der Waals surface area contributed by atoms with Crippen molar-refractivity contribution in [2.75, 3.05) is 24.6 Å². The van der Waals surface area contributed by atoms with Gasteiger partial charge in [-0.15, -0.1) is 0 Å². The summed E-state index contributed by atoms with van der Waals surface area (Å²) in [6.45, 7) is 4.31. The minimum absolute atomic E-state index is 0.147. The van der Waals surface area contributed by atoms with Gasteiger partial charge in [0.25, 0.3) is 0 Å². The van der Waals surface area contributed by atoms with E-state index in [-0.39, 0.29) is 6.10 Å². The summed E-state index contributed by atoms with van der Waals surface area (Å²) in [5.74, 6) is 1.61. The first kappa shape index (κ1) is 11.2. The van der Waals surface area contributed by atoms with Gasteiger partial charge in [-0.05, 0) is 25.8 Å². The lowest BCUT2D eigenvalue weighted by atomic mass is 10.1. The number of anilines is 1. The quantitative estimate of drug-likeness (QED) is 0.840. The maximum absolute atomic E-state index is 9.44. The van der Waals surface area contributed by atoms with Crippen LogP contribution in [0.3, 0.4) is 0 Å². The van der Waals surface area contributed by atoms with Crippen molar-refractivity contribution in [3.63, 3.8) is 0 Å². The molecule has 16 heavy (non-hydrogen) atoms. The highest BCUT2D eigenvalue weighted by Crippen LogP contribution is 2.20. The van der Waals surface area contributed by atoms with Crippen molar-refractivity contribution in [3.05, 3.63) is 18.2 Å². The highest BCUT2D eigenvalue weighted by molar-refractivity contribution is 5.41. The van der Waals surface area contributed by atoms with Crippen LogP contribution in [0.1, 0.15) is 19.8 Å². The van der Waals surface area contributed by atoms with Gasteiger partial charge >= 0.3 is 0 Å². The van der Waals surface area contributed by atoms with E-state index in [0.717, 1.165) is 31.7 Å². The molecule has 1 saturated heterocycles. The molecule has 0 unspecified atom stereocenters. The lowest BCUT2D eigenvalue weighted by Crippen LogP contribution is -2.36. The van der Waals surface area contributed by atoms with Crippen molar-refractivity contribution in [3.8, 4) is 5.88 Å². The normalized spacial score (nSPS) is 17.5. The van der Waals surface area contributed by atoms with Gasteiger partial charge < -0.3 is 14.7 Å². The van der Waals surface area contributed by atoms with Crippen LogP contribution in [0.15, 0.2) is 18.2 Å². The Labute approximate surface area is 95.9 Å². The molecule has 1 aromatic rings. The van der Waals surface area contributed by atoms with Crippen LogP contribution in [-0.4, -0.2) is 35.9 Å². The lowest BCUT2D eigenvalue weighted by Gasteiger charge is -2.30. The van der Waals surface area contributed by atoms with E-state index in [1.807, 2.05) is 25.1 Å². The van der Waals surface area contributed by atoms with Gasteiger partial charge in [0, 0.05) is 19.2 Å². The fraction of sp³-hybridized carbons (Fsp3) is 0.583. The number of ether oxygens (including phenoxy) is 1. The molecule has 1 N–H and O–H groups in total. The molecule has 0 aromatic carbocycles. The number of rotatable bonds is 3. The number of hydrogen-bond donors (Lipinski definition) is 1. The molecule has 0 bridgehead atoms. The Morgan fingerprint density at radius 3 is 2.88 bits per heavy atom. The second kappa shape index (κ2) is 5.16. The molecule has 1 aliphatic heterocycles. The molecule has 1 aromatic heterocycles. The fourth-order valence-corrected chi connectivity index (χ4v) is 1.90. The SMILES string of the molecule is CCOc1cccc(N2CCC(O)CC2)n1. The summed E-state index contributed by atoms with van der Waals surface area (Å²) >= 11 is 0. The van der Waals surface area contributed by atoms with Gasteiger partial charge in [0.1, 0.15) is 5.82 Å².